The molecule has 1 aliphatic carbocycles. The molecule has 1 saturated heterocycles. The maximum atomic E-state index is 2.67. The molecule has 2 rings (SSSR count). The van der Waals surface area contributed by atoms with Crippen molar-refractivity contribution in [1.82, 2.24) is 4.90 Å². The molecule has 1 heteroatoms. The molecule has 0 aromatic heterocycles. The summed E-state index contributed by atoms with van der Waals surface area (Å²) in [5, 5.41) is 0. The van der Waals surface area contributed by atoms with Crippen molar-refractivity contribution in [1.29, 1.82) is 0 Å². The van der Waals surface area contributed by atoms with Crippen LogP contribution in [0.1, 0.15) is 46.0 Å². The van der Waals surface area contributed by atoms with Crippen molar-refractivity contribution in [2.24, 2.45) is 11.8 Å². The molecular weight excluding hydrogens is 158 g/mol. The van der Waals surface area contributed by atoms with Crippen LogP contribution in [0.2, 0.25) is 0 Å². The van der Waals surface area contributed by atoms with E-state index in [4.69, 9.17) is 0 Å². The number of piperidine rings is 1. The summed E-state index contributed by atoms with van der Waals surface area (Å²) in [6, 6.07) is 0.767. The number of hydrogen-bond donors (Lipinski definition) is 0. The lowest BCUT2D eigenvalue weighted by Crippen LogP contribution is -2.44. The highest BCUT2D eigenvalue weighted by atomic mass is 15.2. The maximum absolute atomic E-state index is 2.67. The van der Waals surface area contributed by atoms with Gasteiger partial charge in [-0.3, -0.25) is 0 Å². The Balaban J connectivity index is 1.91. The van der Waals surface area contributed by atoms with Crippen LogP contribution < -0.4 is 0 Å². The minimum absolute atomic E-state index is 0.767. The summed E-state index contributed by atoms with van der Waals surface area (Å²) in [4.78, 5) is 2.67. The number of likely N-dealkylation sites (tertiary alicyclic amines) is 1. The monoisotopic (exact) mass is 181 g/mol. The van der Waals surface area contributed by atoms with E-state index in [9.17, 15) is 0 Å². The molecule has 1 aliphatic heterocycles. The van der Waals surface area contributed by atoms with Crippen molar-refractivity contribution in [3.05, 3.63) is 0 Å². The smallest absolute Gasteiger partial charge is 0.00387 e. The summed E-state index contributed by atoms with van der Waals surface area (Å²) < 4.78 is 0. The lowest BCUT2D eigenvalue weighted by Gasteiger charge is -2.42. The van der Waals surface area contributed by atoms with E-state index < -0.39 is 0 Å². The van der Waals surface area contributed by atoms with Crippen LogP contribution in [0.4, 0.5) is 0 Å². The summed E-state index contributed by atoms with van der Waals surface area (Å²) in [6.45, 7) is 7.42. The molecule has 0 aromatic carbocycles. The first-order chi connectivity index (χ1) is 6.27. The van der Waals surface area contributed by atoms with E-state index in [1.54, 1.807) is 0 Å². The van der Waals surface area contributed by atoms with Crippen LogP contribution in [0, 0.1) is 11.8 Å². The second-order valence-corrected chi connectivity index (χ2v) is 5.18. The molecule has 76 valence electrons. The van der Waals surface area contributed by atoms with Crippen molar-refractivity contribution in [3.63, 3.8) is 0 Å². The van der Waals surface area contributed by atoms with Gasteiger partial charge in [-0.05, 0) is 45.1 Å². The minimum atomic E-state index is 0.767. The molecule has 0 bridgehead atoms. The van der Waals surface area contributed by atoms with Gasteiger partial charge in [0.05, 0.1) is 0 Å². The number of rotatable bonds is 1. The second-order valence-electron chi connectivity index (χ2n) is 5.18. The number of fused-ring (bicyclic) bond motifs is 1. The van der Waals surface area contributed by atoms with E-state index in [1.807, 2.05) is 0 Å². The van der Waals surface area contributed by atoms with E-state index in [1.165, 1.54) is 45.2 Å². The van der Waals surface area contributed by atoms with Gasteiger partial charge in [0.25, 0.3) is 0 Å². The van der Waals surface area contributed by atoms with Gasteiger partial charge in [0.15, 0.2) is 0 Å². The van der Waals surface area contributed by atoms with Crippen LogP contribution >= 0.6 is 0 Å². The van der Waals surface area contributed by atoms with E-state index in [0.717, 1.165) is 17.9 Å². The molecule has 1 heterocycles. The van der Waals surface area contributed by atoms with Crippen LogP contribution in [0.5, 0.6) is 0 Å². The summed E-state index contributed by atoms with van der Waals surface area (Å²) in [6.07, 6.45) is 7.50. The predicted molar refractivity (Wildman–Crippen MR) is 56.8 cm³/mol. The maximum Gasteiger partial charge on any atom is 0.00387 e. The number of nitrogens with zero attached hydrogens (tertiary/aromatic N) is 1. The molecule has 1 saturated carbocycles. The van der Waals surface area contributed by atoms with Gasteiger partial charge in [0, 0.05) is 12.6 Å². The van der Waals surface area contributed by atoms with Crippen LogP contribution in [0.15, 0.2) is 0 Å². The van der Waals surface area contributed by atoms with Gasteiger partial charge < -0.3 is 4.90 Å². The fourth-order valence-corrected chi connectivity index (χ4v) is 3.10. The first kappa shape index (κ1) is 9.51. The van der Waals surface area contributed by atoms with E-state index in [0.29, 0.717) is 0 Å². The van der Waals surface area contributed by atoms with Gasteiger partial charge in [-0.25, -0.2) is 0 Å². The van der Waals surface area contributed by atoms with Crippen molar-refractivity contribution in [2.45, 2.75) is 52.0 Å². The average Bonchev–Trinajstić information content (AvgIpc) is 2.17. The molecule has 1 unspecified atom stereocenters. The van der Waals surface area contributed by atoms with Crippen molar-refractivity contribution < 1.29 is 0 Å². The molecule has 0 aromatic rings. The Kier molecular flexibility index (Phi) is 2.92. The molecule has 0 N–H and O–H groups in total. The minimum Gasteiger partial charge on any atom is -0.301 e. The van der Waals surface area contributed by atoms with Crippen LogP contribution in [-0.4, -0.2) is 24.0 Å². The fraction of sp³-hybridized carbons (Fsp3) is 1.00. The Morgan fingerprint density at radius 1 is 1.00 bits per heavy atom. The van der Waals surface area contributed by atoms with Gasteiger partial charge in [0.1, 0.15) is 0 Å². The highest BCUT2D eigenvalue weighted by Crippen LogP contribution is 2.36. The third-order valence-corrected chi connectivity index (χ3v) is 4.05. The zero-order valence-electron chi connectivity index (χ0n) is 9.13. The Bertz CT molecular complexity index is 165. The van der Waals surface area contributed by atoms with E-state index in [2.05, 4.69) is 18.7 Å². The highest BCUT2D eigenvalue weighted by molar-refractivity contribution is 4.84. The molecule has 0 spiro atoms. The lowest BCUT2D eigenvalue weighted by molar-refractivity contribution is 0.0669. The molecule has 0 radical (unpaired) electrons. The number of hydrogen-bond acceptors (Lipinski definition) is 1. The zero-order valence-corrected chi connectivity index (χ0v) is 9.13. The molecule has 2 atom stereocenters. The molecule has 13 heavy (non-hydrogen) atoms. The first-order valence-electron chi connectivity index (χ1n) is 6.01. The summed E-state index contributed by atoms with van der Waals surface area (Å²) >= 11 is 0. The quantitative estimate of drug-likeness (QED) is 0.601. The third kappa shape index (κ3) is 2.07. The zero-order chi connectivity index (χ0) is 9.26. The molecular formula is C12H23N. The third-order valence-electron chi connectivity index (χ3n) is 4.05. The van der Waals surface area contributed by atoms with Gasteiger partial charge >= 0.3 is 0 Å². The topological polar surface area (TPSA) is 3.24 Å². The normalized spacial score (nSPS) is 36.2. The van der Waals surface area contributed by atoms with Crippen LogP contribution in [-0.2, 0) is 0 Å². The SMILES string of the molecule is CC(C)N1CC[C@H]2CCCCC2C1. The standard InChI is InChI=1S/C12H23N/c1-10(2)13-8-7-11-5-3-4-6-12(11)9-13/h10-12H,3-9H2,1-2H3/t11-,12?/m1/s1. The summed E-state index contributed by atoms with van der Waals surface area (Å²) in [5.74, 6) is 2.13. The van der Waals surface area contributed by atoms with Crippen molar-refractivity contribution in [2.75, 3.05) is 13.1 Å². The van der Waals surface area contributed by atoms with Crippen molar-refractivity contribution >= 4 is 0 Å². The fourth-order valence-electron chi connectivity index (χ4n) is 3.10. The van der Waals surface area contributed by atoms with E-state index in [-0.39, 0.29) is 0 Å². The van der Waals surface area contributed by atoms with Gasteiger partial charge in [-0.15, -0.1) is 0 Å². The van der Waals surface area contributed by atoms with E-state index >= 15 is 0 Å². The average molecular weight is 181 g/mol. The summed E-state index contributed by atoms with van der Waals surface area (Å²) in [7, 11) is 0. The predicted octanol–water partition coefficient (Wildman–Crippen LogP) is 2.91. The van der Waals surface area contributed by atoms with Gasteiger partial charge in [-0.1, -0.05) is 19.3 Å². The van der Waals surface area contributed by atoms with Gasteiger partial charge in [0.2, 0.25) is 0 Å². The highest BCUT2D eigenvalue weighted by Gasteiger charge is 2.31. The molecule has 0 amide bonds. The lowest BCUT2D eigenvalue weighted by atomic mass is 9.75. The summed E-state index contributed by atoms with van der Waals surface area (Å²) in [5.41, 5.74) is 0. The second kappa shape index (κ2) is 4.00. The van der Waals surface area contributed by atoms with Crippen LogP contribution in [0.25, 0.3) is 0 Å². The Hall–Kier alpha value is -0.0400. The Labute approximate surface area is 82.5 Å². The van der Waals surface area contributed by atoms with Crippen molar-refractivity contribution in [3.8, 4) is 0 Å². The molecule has 1 nitrogen and oxygen atoms in total. The molecule has 2 aliphatic rings. The van der Waals surface area contributed by atoms with Crippen LogP contribution in [0.3, 0.4) is 0 Å². The Morgan fingerprint density at radius 3 is 2.38 bits per heavy atom. The van der Waals surface area contributed by atoms with Gasteiger partial charge in [-0.2, -0.15) is 0 Å². The Morgan fingerprint density at radius 2 is 1.69 bits per heavy atom. The molecule has 2 fully saturated rings. The largest absolute Gasteiger partial charge is 0.301 e. The first-order valence-corrected chi connectivity index (χ1v) is 6.01.